The summed E-state index contributed by atoms with van der Waals surface area (Å²) in [7, 11) is 0. The number of halogens is 2. The molecule has 116 valence electrons. The topological polar surface area (TPSA) is 26.7 Å². The molecular weight excluding hydrogens is 274 g/mol. The normalized spacial score (nSPS) is 25.6. The van der Waals surface area contributed by atoms with E-state index in [2.05, 4.69) is 9.80 Å². The molecule has 0 aliphatic carbocycles. The van der Waals surface area contributed by atoms with Crippen LogP contribution in [0.4, 0.5) is 8.78 Å². The monoisotopic (exact) mass is 296 g/mol. The Kier molecular flexibility index (Phi) is 4.52. The van der Waals surface area contributed by atoms with Crippen molar-refractivity contribution in [3.8, 4) is 0 Å². The molecule has 2 saturated heterocycles. The number of hydrogen-bond donors (Lipinski definition) is 1. The lowest BCUT2D eigenvalue weighted by Crippen LogP contribution is -2.38. The van der Waals surface area contributed by atoms with Gasteiger partial charge < -0.3 is 5.11 Å². The average Bonchev–Trinajstić information content (AvgIpc) is 2.80. The highest BCUT2D eigenvalue weighted by molar-refractivity contribution is 5.21. The molecule has 3 rings (SSSR count). The first-order chi connectivity index (χ1) is 10.1. The SMILES string of the molecule is O[C@H](CN1CCCN2CCC[C@H]2C1)c1cc(F)ccc1F. The molecule has 0 spiro atoms. The van der Waals surface area contributed by atoms with E-state index in [4.69, 9.17) is 0 Å². The Labute approximate surface area is 124 Å². The maximum Gasteiger partial charge on any atom is 0.129 e. The van der Waals surface area contributed by atoms with Gasteiger partial charge >= 0.3 is 0 Å². The van der Waals surface area contributed by atoms with Crippen LogP contribution in [-0.2, 0) is 0 Å². The molecule has 0 amide bonds. The van der Waals surface area contributed by atoms with Gasteiger partial charge in [0.25, 0.3) is 0 Å². The van der Waals surface area contributed by atoms with Crippen LogP contribution in [0.15, 0.2) is 18.2 Å². The first-order valence-corrected chi connectivity index (χ1v) is 7.73. The van der Waals surface area contributed by atoms with Crippen LogP contribution in [0.1, 0.15) is 30.9 Å². The standard InChI is InChI=1S/C16H22F2N2O/c17-12-4-5-15(18)14(9-12)16(21)11-19-6-2-8-20-7-1-3-13(20)10-19/h4-5,9,13,16,21H,1-3,6-8,10-11H2/t13-,16+/m0/s1. The number of fused-ring (bicyclic) bond motifs is 1. The molecule has 0 saturated carbocycles. The number of β-amino-alcohol motifs (C(OH)–C–C–N with tert-alkyl or cyclic N) is 1. The van der Waals surface area contributed by atoms with Crippen LogP contribution in [0.25, 0.3) is 0 Å². The molecule has 2 aliphatic rings. The van der Waals surface area contributed by atoms with Crippen molar-refractivity contribution in [2.45, 2.75) is 31.4 Å². The molecule has 0 aromatic heterocycles. The van der Waals surface area contributed by atoms with Gasteiger partial charge in [0.2, 0.25) is 0 Å². The Hall–Kier alpha value is -1.04. The van der Waals surface area contributed by atoms with E-state index in [-0.39, 0.29) is 5.56 Å². The maximum atomic E-state index is 13.7. The number of aliphatic hydroxyl groups is 1. The van der Waals surface area contributed by atoms with Crippen LogP contribution in [0, 0.1) is 11.6 Å². The third kappa shape index (κ3) is 3.42. The number of aliphatic hydroxyl groups excluding tert-OH is 1. The van der Waals surface area contributed by atoms with E-state index in [1.165, 1.54) is 19.4 Å². The van der Waals surface area contributed by atoms with Gasteiger partial charge in [-0.2, -0.15) is 0 Å². The third-order valence-corrected chi connectivity index (χ3v) is 4.64. The zero-order valence-corrected chi connectivity index (χ0v) is 12.1. The van der Waals surface area contributed by atoms with Crippen molar-refractivity contribution in [1.82, 2.24) is 9.80 Å². The summed E-state index contributed by atoms with van der Waals surface area (Å²) in [5.41, 5.74) is 0.0579. The van der Waals surface area contributed by atoms with Crippen LogP contribution in [0.3, 0.4) is 0 Å². The largest absolute Gasteiger partial charge is 0.387 e. The Morgan fingerprint density at radius 3 is 2.86 bits per heavy atom. The highest BCUT2D eigenvalue weighted by Gasteiger charge is 2.29. The fourth-order valence-corrected chi connectivity index (χ4v) is 3.56. The van der Waals surface area contributed by atoms with Crippen molar-refractivity contribution < 1.29 is 13.9 Å². The number of hydrogen-bond acceptors (Lipinski definition) is 3. The molecule has 2 heterocycles. The maximum absolute atomic E-state index is 13.7. The van der Waals surface area contributed by atoms with E-state index >= 15 is 0 Å². The highest BCUT2D eigenvalue weighted by Crippen LogP contribution is 2.24. The Balaban J connectivity index is 1.66. The minimum atomic E-state index is -0.978. The first-order valence-electron chi connectivity index (χ1n) is 7.73. The molecule has 3 nitrogen and oxygen atoms in total. The summed E-state index contributed by atoms with van der Waals surface area (Å²) in [6.07, 6.45) is 2.52. The van der Waals surface area contributed by atoms with Gasteiger partial charge in [-0.1, -0.05) is 0 Å². The van der Waals surface area contributed by atoms with Crippen molar-refractivity contribution in [2.24, 2.45) is 0 Å². The van der Waals surface area contributed by atoms with Gasteiger partial charge in [-0.05, 0) is 57.1 Å². The fourth-order valence-electron chi connectivity index (χ4n) is 3.56. The molecule has 2 fully saturated rings. The lowest BCUT2D eigenvalue weighted by atomic mass is 10.1. The van der Waals surface area contributed by atoms with E-state index in [0.29, 0.717) is 12.6 Å². The molecule has 0 bridgehead atoms. The number of rotatable bonds is 3. The predicted octanol–water partition coefficient (Wildman–Crippen LogP) is 2.17. The minimum absolute atomic E-state index is 0.0579. The van der Waals surface area contributed by atoms with Crippen molar-refractivity contribution in [1.29, 1.82) is 0 Å². The van der Waals surface area contributed by atoms with E-state index in [0.717, 1.165) is 44.3 Å². The molecule has 5 heteroatoms. The third-order valence-electron chi connectivity index (χ3n) is 4.64. The zero-order valence-electron chi connectivity index (χ0n) is 12.1. The van der Waals surface area contributed by atoms with Crippen LogP contribution in [-0.4, -0.2) is 53.7 Å². The van der Waals surface area contributed by atoms with Gasteiger partial charge in [-0.25, -0.2) is 8.78 Å². The molecule has 21 heavy (non-hydrogen) atoms. The Bertz CT molecular complexity index is 497. The molecular formula is C16H22F2N2O. The summed E-state index contributed by atoms with van der Waals surface area (Å²) in [4.78, 5) is 4.69. The van der Waals surface area contributed by atoms with Crippen LogP contribution in [0.2, 0.25) is 0 Å². The van der Waals surface area contributed by atoms with Crippen LogP contribution in [0.5, 0.6) is 0 Å². The molecule has 0 unspecified atom stereocenters. The van der Waals surface area contributed by atoms with Gasteiger partial charge in [-0.15, -0.1) is 0 Å². The van der Waals surface area contributed by atoms with Crippen molar-refractivity contribution in [3.05, 3.63) is 35.4 Å². The molecule has 1 aromatic carbocycles. The second-order valence-corrected chi connectivity index (χ2v) is 6.13. The summed E-state index contributed by atoms with van der Waals surface area (Å²) in [6, 6.07) is 3.81. The summed E-state index contributed by atoms with van der Waals surface area (Å²) in [5.74, 6) is -1.05. The zero-order chi connectivity index (χ0) is 14.8. The van der Waals surface area contributed by atoms with Gasteiger partial charge in [0, 0.05) is 24.7 Å². The summed E-state index contributed by atoms with van der Waals surface area (Å²) < 4.78 is 26.9. The Morgan fingerprint density at radius 2 is 2.00 bits per heavy atom. The van der Waals surface area contributed by atoms with Gasteiger partial charge in [0.05, 0.1) is 6.10 Å². The summed E-state index contributed by atoms with van der Waals surface area (Å²) in [5, 5.41) is 10.2. The molecule has 1 N–H and O–H groups in total. The predicted molar refractivity (Wildman–Crippen MR) is 77.0 cm³/mol. The summed E-state index contributed by atoms with van der Waals surface area (Å²) in [6.45, 7) is 4.45. The van der Waals surface area contributed by atoms with Gasteiger partial charge in [0.1, 0.15) is 11.6 Å². The lowest BCUT2D eigenvalue weighted by molar-refractivity contribution is 0.105. The van der Waals surface area contributed by atoms with Gasteiger partial charge in [0.15, 0.2) is 0 Å². The number of benzene rings is 1. The van der Waals surface area contributed by atoms with Crippen LogP contribution >= 0.6 is 0 Å². The lowest BCUT2D eigenvalue weighted by Gasteiger charge is -2.27. The van der Waals surface area contributed by atoms with Crippen molar-refractivity contribution in [2.75, 3.05) is 32.7 Å². The van der Waals surface area contributed by atoms with E-state index in [1.54, 1.807) is 0 Å². The van der Waals surface area contributed by atoms with Crippen molar-refractivity contribution >= 4 is 0 Å². The molecule has 2 atom stereocenters. The first kappa shape index (κ1) is 14.9. The molecule has 1 aromatic rings. The number of nitrogens with zero attached hydrogens (tertiary/aromatic N) is 2. The smallest absolute Gasteiger partial charge is 0.129 e. The van der Waals surface area contributed by atoms with Crippen LogP contribution < -0.4 is 0 Å². The molecule has 0 radical (unpaired) electrons. The Morgan fingerprint density at radius 1 is 1.19 bits per heavy atom. The summed E-state index contributed by atoms with van der Waals surface area (Å²) >= 11 is 0. The average molecular weight is 296 g/mol. The molecule has 2 aliphatic heterocycles. The fraction of sp³-hybridized carbons (Fsp3) is 0.625. The van der Waals surface area contributed by atoms with E-state index in [1.807, 2.05) is 0 Å². The van der Waals surface area contributed by atoms with Gasteiger partial charge in [-0.3, -0.25) is 9.80 Å². The highest BCUT2D eigenvalue weighted by atomic mass is 19.1. The van der Waals surface area contributed by atoms with Crippen molar-refractivity contribution in [3.63, 3.8) is 0 Å². The second kappa shape index (κ2) is 6.38. The quantitative estimate of drug-likeness (QED) is 0.926. The van der Waals surface area contributed by atoms with E-state index < -0.39 is 17.7 Å². The second-order valence-electron chi connectivity index (χ2n) is 6.13. The van der Waals surface area contributed by atoms with E-state index in [9.17, 15) is 13.9 Å². The minimum Gasteiger partial charge on any atom is -0.387 e.